The van der Waals surface area contributed by atoms with E-state index in [4.69, 9.17) is 4.74 Å². The molecule has 4 heteroatoms. The molecule has 110 valence electrons. The molecule has 0 atom stereocenters. The Labute approximate surface area is 116 Å². The van der Waals surface area contributed by atoms with Gasteiger partial charge in [-0.1, -0.05) is 0 Å². The Hall–Kier alpha value is -0.610. The number of rotatable bonds is 2. The second kappa shape index (κ2) is 6.23. The molecule has 2 aliphatic rings. The van der Waals surface area contributed by atoms with Gasteiger partial charge in [0.15, 0.2) is 0 Å². The zero-order chi connectivity index (χ0) is 13.9. The van der Waals surface area contributed by atoms with Crippen LogP contribution in [0.4, 0.5) is 0 Å². The number of nitrogens with one attached hydrogen (secondary N) is 1. The number of piperidine rings is 2. The monoisotopic (exact) mass is 268 g/mol. The minimum absolute atomic E-state index is 0.00235. The van der Waals surface area contributed by atoms with E-state index in [1.807, 2.05) is 20.8 Å². The van der Waals surface area contributed by atoms with E-state index in [1.165, 1.54) is 12.8 Å². The lowest BCUT2D eigenvalue weighted by molar-refractivity contribution is -0.161. The van der Waals surface area contributed by atoms with Crippen molar-refractivity contribution in [2.24, 2.45) is 5.92 Å². The van der Waals surface area contributed by atoms with Gasteiger partial charge in [0.1, 0.15) is 5.60 Å². The molecule has 1 N–H and O–H groups in total. The van der Waals surface area contributed by atoms with Crippen molar-refractivity contribution in [1.29, 1.82) is 0 Å². The molecule has 0 unspecified atom stereocenters. The average Bonchev–Trinajstić information content (AvgIpc) is 2.38. The van der Waals surface area contributed by atoms with Gasteiger partial charge >= 0.3 is 5.97 Å². The van der Waals surface area contributed by atoms with E-state index in [0.29, 0.717) is 0 Å². The quantitative estimate of drug-likeness (QED) is 0.775. The zero-order valence-corrected chi connectivity index (χ0v) is 12.6. The van der Waals surface area contributed by atoms with Crippen LogP contribution in [0.5, 0.6) is 0 Å². The topological polar surface area (TPSA) is 41.6 Å². The number of nitrogens with zero attached hydrogens (tertiary/aromatic N) is 1. The van der Waals surface area contributed by atoms with Gasteiger partial charge in [0.2, 0.25) is 0 Å². The Morgan fingerprint density at radius 1 is 1.11 bits per heavy atom. The summed E-state index contributed by atoms with van der Waals surface area (Å²) in [6, 6.07) is 0.723. The molecule has 0 aromatic rings. The van der Waals surface area contributed by atoms with E-state index in [0.717, 1.165) is 45.1 Å². The second-order valence-corrected chi connectivity index (χ2v) is 6.82. The first-order chi connectivity index (χ1) is 8.96. The maximum Gasteiger partial charge on any atom is 0.309 e. The molecular formula is C15H28N2O2. The van der Waals surface area contributed by atoms with Crippen molar-refractivity contribution >= 4 is 5.97 Å². The highest BCUT2D eigenvalue weighted by Crippen LogP contribution is 2.24. The highest BCUT2D eigenvalue weighted by Gasteiger charge is 2.31. The Morgan fingerprint density at radius 2 is 1.68 bits per heavy atom. The third-order valence-electron chi connectivity index (χ3n) is 4.09. The van der Waals surface area contributed by atoms with Crippen LogP contribution >= 0.6 is 0 Å². The number of hydrogen-bond donors (Lipinski definition) is 1. The maximum absolute atomic E-state index is 12.0. The predicted molar refractivity (Wildman–Crippen MR) is 76.0 cm³/mol. The molecule has 4 nitrogen and oxygen atoms in total. The van der Waals surface area contributed by atoms with Gasteiger partial charge in [-0.05, 0) is 72.6 Å². The summed E-state index contributed by atoms with van der Waals surface area (Å²) < 4.78 is 5.49. The molecule has 0 saturated carbocycles. The Balaban J connectivity index is 1.77. The molecule has 0 radical (unpaired) electrons. The summed E-state index contributed by atoms with van der Waals surface area (Å²) in [6.07, 6.45) is 4.41. The summed E-state index contributed by atoms with van der Waals surface area (Å²) in [5.74, 6) is 0.106. The SMILES string of the molecule is CC(C)(C)OC(=O)C1CCN(C2CCNCC2)CC1. The van der Waals surface area contributed by atoms with Crippen molar-refractivity contribution < 1.29 is 9.53 Å². The Bertz CT molecular complexity index is 298. The van der Waals surface area contributed by atoms with Crippen LogP contribution in [0.2, 0.25) is 0 Å². The number of esters is 1. The van der Waals surface area contributed by atoms with E-state index in [-0.39, 0.29) is 17.5 Å². The Morgan fingerprint density at radius 3 is 2.21 bits per heavy atom. The van der Waals surface area contributed by atoms with Crippen LogP contribution in [0, 0.1) is 5.92 Å². The van der Waals surface area contributed by atoms with Gasteiger partial charge in [-0.2, -0.15) is 0 Å². The summed E-state index contributed by atoms with van der Waals surface area (Å²) in [4.78, 5) is 14.6. The highest BCUT2D eigenvalue weighted by atomic mass is 16.6. The Kier molecular flexibility index (Phi) is 4.85. The van der Waals surface area contributed by atoms with E-state index < -0.39 is 0 Å². The van der Waals surface area contributed by atoms with Crippen molar-refractivity contribution in [3.63, 3.8) is 0 Å². The van der Waals surface area contributed by atoms with Crippen LogP contribution in [0.1, 0.15) is 46.5 Å². The summed E-state index contributed by atoms with van der Waals surface area (Å²) in [5.41, 5.74) is -0.358. The van der Waals surface area contributed by atoms with Gasteiger partial charge in [0.05, 0.1) is 5.92 Å². The number of hydrogen-bond acceptors (Lipinski definition) is 4. The van der Waals surface area contributed by atoms with Gasteiger partial charge in [-0.25, -0.2) is 0 Å². The number of likely N-dealkylation sites (tertiary alicyclic amines) is 1. The van der Waals surface area contributed by atoms with E-state index in [1.54, 1.807) is 0 Å². The van der Waals surface area contributed by atoms with Crippen molar-refractivity contribution in [1.82, 2.24) is 10.2 Å². The lowest BCUT2D eigenvalue weighted by Gasteiger charge is -2.39. The van der Waals surface area contributed by atoms with Crippen LogP contribution in [-0.2, 0) is 9.53 Å². The predicted octanol–water partition coefficient (Wildman–Crippen LogP) is 1.79. The molecule has 0 aliphatic carbocycles. The molecule has 2 saturated heterocycles. The summed E-state index contributed by atoms with van der Waals surface area (Å²) in [5, 5.41) is 3.41. The van der Waals surface area contributed by atoms with Gasteiger partial charge in [0, 0.05) is 6.04 Å². The van der Waals surface area contributed by atoms with Crippen LogP contribution in [0.25, 0.3) is 0 Å². The van der Waals surface area contributed by atoms with E-state index in [9.17, 15) is 4.79 Å². The summed E-state index contributed by atoms with van der Waals surface area (Å²) in [7, 11) is 0. The van der Waals surface area contributed by atoms with Crippen molar-refractivity contribution in [3.05, 3.63) is 0 Å². The summed E-state index contributed by atoms with van der Waals surface area (Å²) in [6.45, 7) is 10.2. The standard InChI is InChI=1S/C15H28N2O2/c1-15(2,3)19-14(18)12-6-10-17(11-7-12)13-4-8-16-9-5-13/h12-13,16H,4-11H2,1-3H3. The van der Waals surface area contributed by atoms with Crippen molar-refractivity contribution in [3.8, 4) is 0 Å². The van der Waals surface area contributed by atoms with Crippen molar-refractivity contribution in [2.45, 2.75) is 58.1 Å². The van der Waals surface area contributed by atoms with E-state index >= 15 is 0 Å². The third kappa shape index (κ3) is 4.46. The molecule has 0 spiro atoms. The minimum atomic E-state index is -0.358. The van der Waals surface area contributed by atoms with Crippen molar-refractivity contribution in [2.75, 3.05) is 26.2 Å². The molecular weight excluding hydrogens is 240 g/mol. The normalized spacial score (nSPS) is 24.4. The number of carbonyl (C=O) groups excluding carboxylic acids is 1. The largest absolute Gasteiger partial charge is 0.460 e. The molecule has 2 heterocycles. The lowest BCUT2D eigenvalue weighted by atomic mass is 9.93. The fraction of sp³-hybridized carbons (Fsp3) is 0.933. The summed E-state index contributed by atoms with van der Waals surface area (Å²) >= 11 is 0. The molecule has 0 aromatic carbocycles. The van der Waals surface area contributed by atoms with Gasteiger partial charge < -0.3 is 15.0 Å². The van der Waals surface area contributed by atoms with Crippen LogP contribution in [-0.4, -0.2) is 48.7 Å². The van der Waals surface area contributed by atoms with Crippen LogP contribution in [0.3, 0.4) is 0 Å². The zero-order valence-electron chi connectivity index (χ0n) is 12.6. The van der Waals surface area contributed by atoms with Gasteiger partial charge in [-0.3, -0.25) is 4.79 Å². The molecule has 0 bridgehead atoms. The second-order valence-electron chi connectivity index (χ2n) is 6.82. The first-order valence-corrected chi connectivity index (χ1v) is 7.63. The number of ether oxygens (including phenoxy) is 1. The molecule has 2 rings (SSSR count). The highest BCUT2D eigenvalue weighted by molar-refractivity contribution is 5.73. The molecule has 19 heavy (non-hydrogen) atoms. The smallest absolute Gasteiger partial charge is 0.309 e. The molecule has 0 amide bonds. The minimum Gasteiger partial charge on any atom is -0.460 e. The molecule has 2 fully saturated rings. The van der Waals surface area contributed by atoms with E-state index in [2.05, 4.69) is 10.2 Å². The maximum atomic E-state index is 12.0. The lowest BCUT2D eigenvalue weighted by Crippen LogP contribution is -2.47. The average molecular weight is 268 g/mol. The van der Waals surface area contributed by atoms with Crippen LogP contribution in [0.15, 0.2) is 0 Å². The fourth-order valence-electron chi connectivity index (χ4n) is 3.06. The number of carbonyl (C=O) groups is 1. The first-order valence-electron chi connectivity index (χ1n) is 7.63. The molecule has 0 aromatic heterocycles. The fourth-order valence-corrected chi connectivity index (χ4v) is 3.06. The van der Waals surface area contributed by atoms with Gasteiger partial charge in [-0.15, -0.1) is 0 Å². The first kappa shape index (κ1) is 14.8. The van der Waals surface area contributed by atoms with Gasteiger partial charge in [0.25, 0.3) is 0 Å². The molecule has 2 aliphatic heterocycles. The van der Waals surface area contributed by atoms with Crippen LogP contribution < -0.4 is 5.32 Å². The third-order valence-corrected chi connectivity index (χ3v) is 4.09.